The second-order valence-corrected chi connectivity index (χ2v) is 4.07. The monoisotopic (exact) mass is 271 g/mol. The van der Waals surface area contributed by atoms with Gasteiger partial charge in [0, 0.05) is 36.0 Å². The van der Waals surface area contributed by atoms with Crippen molar-refractivity contribution in [2.75, 3.05) is 20.2 Å². The second kappa shape index (κ2) is 7.31. The molecule has 68 valence electrons. The van der Waals surface area contributed by atoms with Gasteiger partial charge in [0.05, 0.1) is 6.10 Å². The normalized spacial score (nSPS) is 23.2. The minimum absolute atomic E-state index is 0.506. The Morgan fingerprint density at radius 1 is 1.55 bits per heavy atom. The van der Waals surface area contributed by atoms with E-state index in [1.807, 2.05) is 13.8 Å². The van der Waals surface area contributed by atoms with E-state index in [0.29, 0.717) is 6.10 Å². The lowest BCUT2D eigenvalue weighted by Gasteiger charge is -2.12. The van der Waals surface area contributed by atoms with E-state index in [2.05, 4.69) is 33.0 Å². The molecule has 0 N–H and O–H groups in total. The number of rotatable bonds is 2. The molecule has 0 saturated carbocycles. The highest BCUT2D eigenvalue weighted by Crippen LogP contribution is 2.13. The van der Waals surface area contributed by atoms with Crippen molar-refractivity contribution in [3.63, 3.8) is 0 Å². The van der Waals surface area contributed by atoms with Crippen molar-refractivity contribution in [3.8, 4) is 0 Å². The van der Waals surface area contributed by atoms with Crippen LogP contribution in [0.1, 0.15) is 26.7 Å². The van der Waals surface area contributed by atoms with Crippen LogP contribution in [0.2, 0.25) is 0 Å². The van der Waals surface area contributed by atoms with E-state index in [0.717, 1.165) is 13.2 Å². The third-order valence-corrected chi connectivity index (χ3v) is 1.87. The van der Waals surface area contributed by atoms with Gasteiger partial charge in [-0.25, -0.2) is 3.11 Å². The highest BCUT2D eigenvalue weighted by atomic mass is 127. The molecular formula is C8H18INO. The van der Waals surface area contributed by atoms with Crippen molar-refractivity contribution in [2.24, 2.45) is 0 Å². The van der Waals surface area contributed by atoms with Gasteiger partial charge in [0.2, 0.25) is 0 Å². The number of likely N-dealkylation sites (N-methyl/N-ethyl adjacent to an activating group) is 1. The van der Waals surface area contributed by atoms with E-state index in [-0.39, 0.29) is 0 Å². The Labute approximate surface area is 83.8 Å². The Hall–Kier alpha value is 0.650. The first-order valence-electron chi connectivity index (χ1n) is 4.27. The maximum Gasteiger partial charge on any atom is 0.0710 e. The number of ether oxygens (including phenoxy) is 1. The van der Waals surface area contributed by atoms with Crippen molar-refractivity contribution in [1.82, 2.24) is 3.11 Å². The molecule has 1 saturated heterocycles. The zero-order valence-electron chi connectivity index (χ0n) is 7.64. The fourth-order valence-electron chi connectivity index (χ4n) is 1.07. The van der Waals surface area contributed by atoms with Crippen LogP contribution in [0, 0.1) is 0 Å². The van der Waals surface area contributed by atoms with Crippen molar-refractivity contribution in [2.45, 2.75) is 32.8 Å². The first-order valence-corrected chi connectivity index (χ1v) is 5.24. The minimum atomic E-state index is 0.506. The Morgan fingerprint density at radius 3 is 2.55 bits per heavy atom. The van der Waals surface area contributed by atoms with Gasteiger partial charge < -0.3 is 4.74 Å². The summed E-state index contributed by atoms with van der Waals surface area (Å²) in [5, 5.41) is 0. The molecule has 1 fully saturated rings. The molecule has 0 amide bonds. The molecule has 0 bridgehead atoms. The zero-order valence-corrected chi connectivity index (χ0v) is 9.80. The molecule has 1 heterocycles. The summed E-state index contributed by atoms with van der Waals surface area (Å²) < 4.78 is 7.56. The van der Waals surface area contributed by atoms with Gasteiger partial charge in [0.1, 0.15) is 0 Å². The summed E-state index contributed by atoms with van der Waals surface area (Å²) >= 11 is 2.29. The van der Waals surface area contributed by atoms with E-state index >= 15 is 0 Å². The number of hydrogen-bond donors (Lipinski definition) is 0. The van der Waals surface area contributed by atoms with Crippen LogP contribution in [-0.2, 0) is 4.74 Å². The minimum Gasteiger partial charge on any atom is -0.377 e. The van der Waals surface area contributed by atoms with Gasteiger partial charge in [-0.2, -0.15) is 0 Å². The van der Waals surface area contributed by atoms with E-state index in [1.165, 1.54) is 12.8 Å². The lowest BCUT2D eigenvalue weighted by atomic mass is 10.2. The lowest BCUT2D eigenvalue weighted by molar-refractivity contribution is 0.102. The first kappa shape index (κ1) is 11.6. The molecule has 3 heteroatoms. The summed E-state index contributed by atoms with van der Waals surface area (Å²) in [6, 6.07) is 0. The molecule has 1 atom stereocenters. The van der Waals surface area contributed by atoms with Crippen LogP contribution >= 0.6 is 22.9 Å². The van der Waals surface area contributed by atoms with Crippen LogP contribution in [0.15, 0.2) is 0 Å². The van der Waals surface area contributed by atoms with Crippen LogP contribution in [0.5, 0.6) is 0 Å². The molecule has 0 aromatic heterocycles. The van der Waals surface area contributed by atoms with Gasteiger partial charge in [-0.3, -0.25) is 0 Å². The molecule has 1 unspecified atom stereocenters. The largest absolute Gasteiger partial charge is 0.377 e. The second-order valence-electron chi connectivity index (χ2n) is 2.42. The molecule has 0 aromatic carbocycles. The average molecular weight is 271 g/mol. The topological polar surface area (TPSA) is 12.5 Å². The fourth-order valence-corrected chi connectivity index (χ4v) is 1.51. The van der Waals surface area contributed by atoms with Crippen LogP contribution in [0.25, 0.3) is 0 Å². The molecule has 0 radical (unpaired) electrons. The van der Waals surface area contributed by atoms with Gasteiger partial charge in [0.25, 0.3) is 0 Å². The van der Waals surface area contributed by atoms with Crippen molar-refractivity contribution >= 4 is 22.9 Å². The highest BCUT2D eigenvalue weighted by Gasteiger charge is 2.15. The van der Waals surface area contributed by atoms with Gasteiger partial charge in [0.15, 0.2) is 0 Å². The number of hydrogen-bond acceptors (Lipinski definition) is 2. The van der Waals surface area contributed by atoms with Crippen LogP contribution < -0.4 is 0 Å². The molecule has 11 heavy (non-hydrogen) atoms. The average Bonchev–Trinajstić information content (AvgIpc) is 2.43. The number of nitrogens with zero attached hydrogens (tertiary/aromatic N) is 1. The summed E-state index contributed by atoms with van der Waals surface area (Å²) in [4.78, 5) is 0. The SMILES string of the molecule is CC.CN(I)CC1CCCO1. The van der Waals surface area contributed by atoms with Crippen molar-refractivity contribution in [3.05, 3.63) is 0 Å². The van der Waals surface area contributed by atoms with E-state index in [4.69, 9.17) is 4.74 Å². The quantitative estimate of drug-likeness (QED) is 0.565. The standard InChI is InChI=1S/C6H12INO.C2H6/c1-8(7)5-6-3-2-4-9-6;1-2/h6H,2-5H2,1H3;1-2H3. The molecule has 0 spiro atoms. The van der Waals surface area contributed by atoms with Crippen LogP contribution in [-0.4, -0.2) is 29.4 Å². The van der Waals surface area contributed by atoms with Crippen LogP contribution in [0.3, 0.4) is 0 Å². The zero-order chi connectivity index (χ0) is 8.69. The van der Waals surface area contributed by atoms with Gasteiger partial charge >= 0.3 is 0 Å². The molecule has 1 rings (SSSR count). The predicted octanol–water partition coefficient (Wildman–Crippen LogP) is 2.47. The molecule has 2 nitrogen and oxygen atoms in total. The summed E-state index contributed by atoms with van der Waals surface area (Å²) in [5.41, 5.74) is 0. The fraction of sp³-hybridized carbons (Fsp3) is 1.00. The third-order valence-electron chi connectivity index (χ3n) is 1.48. The molecule has 0 aromatic rings. The maximum atomic E-state index is 5.42. The number of halogens is 1. The smallest absolute Gasteiger partial charge is 0.0710 e. The first-order chi connectivity index (χ1) is 5.29. The summed E-state index contributed by atoms with van der Waals surface area (Å²) in [6.45, 7) is 6.04. The Balaban J connectivity index is 0.000000461. The van der Waals surface area contributed by atoms with E-state index < -0.39 is 0 Å². The van der Waals surface area contributed by atoms with E-state index in [1.54, 1.807) is 0 Å². The molecular weight excluding hydrogens is 253 g/mol. The van der Waals surface area contributed by atoms with Gasteiger partial charge in [-0.05, 0) is 19.9 Å². The van der Waals surface area contributed by atoms with Gasteiger partial charge in [-0.15, -0.1) is 0 Å². The molecule has 0 aliphatic carbocycles. The molecule has 1 aliphatic rings. The summed E-state index contributed by atoms with van der Waals surface area (Å²) in [5.74, 6) is 0. The van der Waals surface area contributed by atoms with Gasteiger partial charge in [-0.1, -0.05) is 13.8 Å². The summed E-state index contributed by atoms with van der Waals surface area (Å²) in [7, 11) is 2.07. The highest BCUT2D eigenvalue weighted by molar-refractivity contribution is 14.1. The van der Waals surface area contributed by atoms with Crippen molar-refractivity contribution in [1.29, 1.82) is 0 Å². The van der Waals surface area contributed by atoms with Crippen LogP contribution in [0.4, 0.5) is 0 Å². The lowest BCUT2D eigenvalue weighted by Crippen LogP contribution is -2.20. The Morgan fingerprint density at radius 2 is 2.18 bits per heavy atom. The Kier molecular flexibility index (Phi) is 7.74. The van der Waals surface area contributed by atoms with E-state index in [9.17, 15) is 0 Å². The Bertz CT molecular complexity index is 82.2. The maximum absolute atomic E-state index is 5.42. The molecule has 1 aliphatic heterocycles. The predicted molar refractivity (Wildman–Crippen MR) is 57.0 cm³/mol. The van der Waals surface area contributed by atoms with Crippen molar-refractivity contribution < 1.29 is 4.74 Å². The third kappa shape index (κ3) is 5.87. The summed E-state index contributed by atoms with van der Waals surface area (Å²) in [6.07, 6.45) is 2.99.